The third-order valence-corrected chi connectivity index (χ3v) is 4.97. The summed E-state index contributed by atoms with van der Waals surface area (Å²) in [5.74, 6) is -0.354. The molecule has 0 fully saturated rings. The van der Waals surface area contributed by atoms with E-state index in [4.69, 9.17) is 0 Å². The summed E-state index contributed by atoms with van der Waals surface area (Å²) in [4.78, 5) is 30.1. The Kier molecular flexibility index (Phi) is 6.95. The molecule has 2 aromatic heterocycles. The Morgan fingerprint density at radius 1 is 1.10 bits per heavy atom. The number of aryl methyl sites for hydroxylation is 1. The molecule has 0 atom stereocenters. The van der Waals surface area contributed by atoms with Gasteiger partial charge in [0.1, 0.15) is 5.56 Å². The number of nitrogens with zero attached hydrogens (tertiary/aromatic N) is 2. The first kappa shape index (κ1) is 20.5. The zero-order valence-corrected chi connectivity index (χ0v) is 17.0. The van der Waals surface area contributed by atoms with E-state index >= 15 is 0 Å². The van der Waals surface area contributed by atoms with Crippen LogP contribution >= 0.6 is 0 Å². The smallest absolute Gasteiger partial charge is 0.261 e. The Labute approximate surface area is 171 Å². The molecule has 0 aliphatic rings. The van der Waals surface area contributed by atoms with Crippen LogP contribution in [0.25, 0.3) is 0 Å². The van der Waals surface area contributed by atoms with Gasteiger partial charge < -0.3 is 9.88 Å². The van der Waals surface area contributed by atoms with Gasteiger partial charge in [-0.3, -0.25) is 14.6 Å². The van der Waals surface area contributed by atoms with Crippen LogP contribution in [-0.2, 0) is 13.0 Å². The quantitative estimate of drug-likeness (QED) is 0.573. The molecule has 5 nitrogen and oxygen atoms in total. The first-order chi connectivity index (χ1) is 14.1. The minimum atomic E-state index is -0.354. The zero-order chi connectivity index (χ0) is 20.6. The number of anilines is 1. The van der Waals surface area contributed by atoms with E-state index in [0.29, 0.717) is 18.7 Å². The lowest BCUT2D eigenvalue weighted by molar-refractivity contribution is 0.102. The maximum Gasteiger partial charge on any atom is 0.261 e. The highest BCUT2D eigenvalue weighted by molar-refractivity contribution is 6.05. The van der Waals surface area contributed by atoms with Gasteiger partial charge in [0.2, 0.25) is 0 Å². The molecule has 0 aliphatic heterocycles. The second-order valence-corrected chi connectivity index (χ2v) is 7.20. The van der Waals surface area contributed by atoms with Crippen LogP contribution in [0.1, 0.15) is 53.5 Å². The summed E-state index contributed by atoms with van der Waals surface area (Å²) >= 11 is 0. The van der Waals surface area contributed by atoms with Crippen LogP contribution in [0.15, 0.2) is 65.7 Å². The number of para-hydroxylation sites is 1. The third-order valence-electron chi connectivity index (χ3n) is 4.97. The Bertz CT molecular complexity index is 1010. The number of hydrogen-bond donors (Lipinski definition) is 1. The second kappa shape index (κ2) is 9.82. The lowest BCUT2D eigenvalue weighted by atomic mass is 10.0. The minimum Gasteiger partial charge on any atom is -0.343 e. The predicted molar refractivity (Wildman–Crippen MR) is 116 cm³/mol. The number of hydrogen-bond acceptors (Lipinski definition) is 3. The average molecular weight is 389 g/mol. The van der Waals surface area contributed by atoms with Crippen molar-refractivity contribution in [1.29, 1.82) is 0 Å². The van der Waals surface area contributed by atoms with E-state index in [1.807, 2.05) is 55.6 Å². The Balaban J connectivity index is 2.04. The van der Waals surface area contributed by atoms with Gasteiger partial charge in [-0.1, -0.05) is 44.0 Å². The number of amides is 1. The number of unbranched alkanes of at least 4 members (excludes halogenated alkanes) is 2. The summed E-state index contributed by atoms with van der Waals surface area (Å²) in [6.45, 7) is 4.63. The molecular formula is C24H27N3O2. The average Bonchev–Trinajstić information content (AvgIpc) is 2.72. The van der Waals surface area contributed by atoms with Crippen LogP contribution in [-0.4, -0.2) is 15.5 Å². The van der Waals surface area contributed by atoms with Crippen LogP contribution in [0, 0.1) is 6.92 Å². The SMILES string of the molecule is CCCCCc1c(C(=O)Nc2ccccc2)c(=O)cc(C)n1Cc1cccnc1. The highest BCUT2D eigenvalue weighted by Crippen LogP contribution is 2.17. The number of carbonyl (C=O) groups excluding carboxylic acids is 1. The van der Waals surface area contributed by atoms with Crippen LogP contribution < -0.4 is 10.7 Å². The van der Waals surface area contributed by atoms with Crippen molar-refractivity contribution in [3.05, 3.63) is 93.7 Å². The van der Waals surface area contributed by atoms with Gasteiger partial charge in [0.25, 0.3) is 5.91 Å². The molecule has 29 heavy (non-hydrogen) atoms. The lowest BCUT2D eigenvalue weighted by Crippen LogP contribution is -2.28. The van der Waals surface area contributed by atoms with Crippen LogP contribution in [0.2, 0.25) is 0 Å². The largest absolute Gasteiger partial charge is 0.343 e. The molecular weight excluding hydrogens is 362 g/mol. The van der Waals surface area contributed by atoms with Gasteiger partial charge in [0, 0.05) is 42.1 Å². The van der Waals surface area contributed by atoms with Crippen LogP contribution in [0.5, 0.6) is 0 Å². The number of nitrogens with one attached hydrogen (secondary N) is 1. The number of benzene rings is 1. The predicted octanol–water partition coefficient (Wildman–Crippen LogP) is 4.59. The van der Waals surface area contributed by atoms with Gasteiger partial charge in [-0.15, -0.1) is 0 Å². The molecule has 0 unspecified atom stereocenters. The molecule has 3 rings (SSSR count). The van der Waals surface area contributed by atoms with Crippen molar-refractivity contribution in [3.8, 4) is 0 Å². The molecule has 150 valence electrons. The molecule has 0 spiro atoms. The van der Waals surface area contributed by atoms with Gasteiger partial charge in [-0.05, 0) is 43.5 Å². The van der Waals surface area contributed by atoms with E-state index < -0.39 is 0 Å². The fraction of sp³-hybridized carbons (Fsp3) is 0.292. The molecule has 0 aliphatic carbocycles. The summed E-state index contributed by atoms with van der Waals surface area (Å²) in [6.07, 6.45) is 7.29. The summed E-state index contributed by atoms with van der Waals surface area (Å²) in [6, 6.07) is 14.7. The van der Waals surface area contributed by atoms with Crippen LogP contribution in [0.3, 0.4) is 0 Å². The van der Waals surface area contributed by atoms with Gasteiger partial charge in [0.15, 0.2) is 5.43 Å². The van der Waals surface area contributed by atoms with Gasteiger partial charge in [-0.2, -0.15) is 0 Å². The monoisotopic (exact) mass is 389 g/mol. The molecule has 2 heterocycles. The number of aromatic nitrogens is 2. The maximum atomic E-state index is 13.1. The maximum absolute atomic E-state index is 13.1. The van der Waals surface area contributed by atoms with Crippen LogP contribution in [0.4, 0.5) is 5.69 Å². The second-order valence-electron chi connectivity index (χ2n) is 7.20. The Morgan fingerprint density at radius 2 is 1.90 bits per heavy atom. The number of rotatable bonds is 8. The molecule has 1 amide bonds. The fourth-order valence-electron chi connectivity index (χ4n) is 3.48. The Hall–Kier alpha value is -3.21. The van der Waals surface area contributed by atoms with E-state index in [-0.39, 0.29) is 16.9 Å². The van der Waals surface area contributed by atoms with E-state index in [2.05, 4.69) is 21.8 Å². The standard InChI is InChI=1S/C24H27N3O2/c1-3-4-6-13-21-23(24(29)26-20-11-7-5-8-12-20)22(28)15-18(2)27(21)17-19-10-9-14-25-16-19/h5,7-12,14-16H,3-4,6,13,17H2,1-2H3,(H,26,29). The molecule has 3 aromatic rings. The van der Waals surface area contributed by atoms with Crippen molar-refractivity contribution in [1.82, 2.24) is 9.55 Å². The normalized spacial score (nSPS) is 10.7. The molecule has 5 heteroatoms. The zero-order valence-electron chi connectivity index (χ0n) is 17.0. The Morgan fingerprint density at radius 3 is 2.59 bits per heavy atom. The topological polar surface area (TPSA) is 64.0 Å². The molecule has 1 N–H and O–H groups in total. The molecule has 0 saturated heterocycles. The van der Waals surface area contributed by atoms with E-state index in [1.54, 1.807) is 12.3 Å². The molecule has 0 radical (unpaired) electrons. The summed E-state index contributed by atoms with van der Waals surface area (Å²) in [5, 5.41) is 2.88. The van der Waals surface area contributed by atoms with Crippen molar-refractivity contribution >= 4 is 11.6 Å². The highest BCUT2D eigenvalue weighted by Gasteiger charge is 2.20. The van der Waals surface area contributed by atoms with Gasteiger partial charge in [0.05, 0.1) is 0 Å². The van der Waals surface area contributed by atoms with Crippen molar-refractivity contribution in [2.24, 2.45) is 0 Å². The number of carbonyl (C=O) groups is 1. The highest BCUT2D eigenvalue weighted by atomic mass is 16.2. The van der Waals surface area contributed by atoms with Crippen molar-refractivity contribution < 1.29 is 4.79 Å². The van der Waals surface area contributed by atoms with Crippen molar-refractivity contribution in [2.45, 2.75) is 46.1 Å². The summed E-state index contributed by atoms with van der Waals surface area (Å²) in [7, 11) is 0. The van der Waals surface area contributed by atoms with Crippen molar-refractivity contribution in [3.63, 3.8) is 0 Å². The van der Waals surface area contributed by atoms with Gasteiger partial charge >= 0.3 is 0 Å². The van der Waals surface area contributed by atoms with E-state index in [0.717, 1.165) is 36.2 Å². The molecule has 1 aromatic carbocycles. The number of pyridine rings is 2. The van der Waals surface area contributed by atoms with Crippen molar-refractivity contribution in [2.75, 3.05) is 5.32 Å². The van der Waals surface area contributed by atoms with E-state index in [1.165, 1.54) is 0 Å². The lowest BCUT2D eigenvalue weighted by Gasteiger charge is -2.20. The minimum absolute atomic E-state index is 0.232. The molecule has 0 saturated carbocycles. The van der Waals surface area contributed by atoms with Gasteiger partial charge in [-0.25, -0.2) is 0 Å². The first-order valence-corrected chi connectivity index (χ1v) is 10.1. The molecule has 0 bridgehead atoms. The third kappa shape index (κ3) is 5.19. The first-order valence-electron chi connectivity index (χ1n) is 10.1. The summed E-state index contributed by atoms with van der Waals surface area (Å²) < 4.78 is 2.08. The fourth-order valence-corrected chi connectivity index (χ4v) is 3.48. The summed E-state index contributed by atoms with van der Waals surface area (Å²) in [5.41, 5.74) is 3.35. The van der Waals surface area contributed by atoms with E-state index in [9.17, 15) is 9.59 Å².